The zero-order chi connectivity index (χ0) is 20.1. The number of aliphatic hydroxyl groups excluding tert-OH is 1. The SMILES string of the molecule is O=C(CN1CCC(CO)CC1)Nc1cc(C(F)(F)F)ccc1N1CCOCC1. The van der Waals surface area contributed by atoms with Crippen LogP contribution in [0.25, 0.3) is 0 Å². The fraction of sp³-hybridized carbons (Fsp3) is 0.632. The topological polar surface area (TPSA) is 65.0 Å². The zero-order valence-electron chi connectivity index (χ0n) is 15.7. The van der Waals surface area contributed by atoms with Gasteiger partial charge in [0.25, 0.3) is 0 Å². The van der Waals surface area contributed by atoms with E-state index in [1.54, 1.807) is 0 Å². The Bertz CT molecular complexity index is 670. The van der Waals surface area contributed by atoms with E-state index in [0.29, 0.717) is 45.1 Å². The third kappa shape index (κ3) is 5.36. The highest BCUT2D eigenvalue weighted by Gasteiger charge is 2.32. The number of carbonyl (C=O) groups is 1. The molecule has 0 radical (unpaired) electrons. The van der Waals surface area contributed by atoms with Crippen molar-refractivity contribution >= 4 is 17.3 Å². The number of piperidine rings is 1. The number of benzene rings is 1. The molecule has 0 unspecified atom stereocenters. The number of carbonyl (C=O) groups excluding carboxylic acids is 1. The van der Waals surface area contributed by atoms with Gasteiger partial charge < -0.3 is 20.1 Å². The molecule has 2 fully saturated rings. The summed E-state index contributed by atoms with van der Waals surface area (Å²) in [5, 5.41) is 11.9. The maximum absolute atomic E-state index is 13.1. The number of rotatable bonds is 5. The Morgan fingerprint density at radius 2 is 1.86 bits per heavy atom. The van der Waals surface area contributed by atoms with Crippen LogP contribution >= 0.6 is 0 Å². The van der Waals surface area contributed by atoms with Gasteiger partial charge >= 0.3 is 6.18 Å². The molecule has 28 heavy (non-hydrogen) atoms. The van der Waals surface area contributed by atoms with Gasteiger partial charge in [-0.05, 0) is 50.0 Å². The fourth-order valence-corrected chi connectivity index (χ4v) is 3.61. The average Bonchev–Trinajstić information content (AvgIpc) is 2.68. The van der Waals surface area contributed by atoms with Crippen molar-refractivity contribution in [1.29, 1.82) is 0 Å². The Balaban J connectivity index is 1.71. The molecule has 6 nitrogen and oxygen atoms in total. The molecule has 0 saturated carbocycles. The van der Waals surface area contributed by atoms with E-state index in [1.165, 1.54) is 6.07 Å². The quantitative estimate of drug-likeness (QED) is 0.792. The Morgan fingerprint density at radius 3 is 2.46 bits per heavy atom. The molecule has 1 aromatic rings. The van der Waals surface area contributed by atoms with E-state index in [1.807, 2.05) is 9.80 Å². The number of anilines is 2. The van der Waals surface area contributed by atoms with Crippen molar-refractivity contribution in [1.82, 2.24) is 4.90 Å². The lowest BCUT2D eigenvalue weighted by molar-refractivity contribution is -0.137. The Labute approximate surface area is 162 Å². The number of halogens is 3. The molecule has 2 N–H and O–H groups in total. The van der Waals surface area contributed by atoms with E-state index in [4.69, 9.17) is 4.74 Å². The lowest BCUT2D eigenvalue weighted by atomic mass is 9.98. The number of morpholine rings is 1. The fourth-order valence-electron chi connectivity index (χ4n) is 3.61. The smallest absolute Gasteiger partial charge is 0.396 e. The van der Waals surface area contributed by atoms with Gasteiger partial charge in [-0.25, -0.2) is 0 Å². The Hall–Kier alpha value is -1.84. The predicted octanol–water partition coefficient (Wildman–Crippen LogP) is 2.18. The van der Waals surface area contributed by atoms with Gasteiger partial charge in [-0.2, -0.15) is 13.2 Å². The number of aliphatic hydroxyl groups is 1. The second kappa shape index (κ2) is 9.11. The molecule has 0 atom stereocenters. The summed E-state index contributed by atoms with van der Waals surface area (Å²) >= 11 is 0. The first-order valence-corrected chi connectivity index (χ1v) is 9.54. The largest absolute Gasteiger partial charge is 0.416 e. The minimum absolute atomic E-state index is 0.122. The van der Waals surface area contributed by atoms with Crippen molar-refractivity contribution in [3.8, 4) is 0 Å². The van der Waals surface area contributed by atoms with E-state index in [9.17, 15) is 23.1 Å². The van der Waals surface area contributed by atoms with Crippen LogP contribution < -0.4 is 10.2 Å². The molecule has 3 rings (SSSR count). The van der Waals surface area contributed by atoms with Crippen LogP contribution in [0.15, 0.2) is 18.2 Å². The van der Waals surface area contributed by atoms with E-state index in [-0.39, 0.29) is 30.7 Å². The maximum Gasteiger partial charge on any atom is 0.416 e. The molecule has 0 spiro atoms. The van der Waals surface area contributed by atoms with Gasteiger partial charge in [-0.1, -0.05) is 0 Å². The van der Waals surface area contributed by atoms with Crippen LogP contribution in [0.4, 0.5) is 24.5 Å². The van der Waals surface area contributed by atoms with Gasteiger partial charge in [0.15, 0.2) is 0 Å². The standard InChI is InChI=1S/C19H26F3N3O3/c20-19(21,22)15-1-2-17(25-7-9-28-10-8-25)16(11-15)23-18(27)12-24-5-3-14(13-26)4-6-24/h1-2,11,14,26H,3-10,12-13H2,(H,23,27). The molecular weight excluding hydrogens is 375 g/mol. The summed E-state index contributed by atoms with van der Waals surface area (Å²) in [5.41, 5.74) is -0.0424. The summed E-state index contributed by atoms with van der Waals surface area (Å²) < 4.78 is 44.7. The maximum atomic E-state index is 13.1. The second-order valence-electron chi connectivity index (χ2n) is 7.28. The summed E-state index contributed by atoms with van der Waals surface area (Å²) in [7, 11) is 0. The van der Waals surface area contributed by atoms with Crippen molar-refractivity contribution in [3.05, 3.63) is 23.8 Å². The van der Waals surface area contributed by atoms with Gasteiger partial charge in [0, 0.05) is 19.7 Å². The van der Waals surface area contributed by atoms with Crippen molar-refractivity contribution in [3.63, 3.8) is 0 Å². The number of amides is 1. The van der Waals surface area contributed by atoms with Gasteiger partial charge in [-0.3, -0.25) is 9.69 Å². The van der Waals surface area contributed by atoms with Crippen molar-refractivity contribution in [2.75, 3.05) is 62.8 Å². The van der Waals surface area contributed by atoms with Crippen LogP contribution in [0.1, 0.15) is 18.4 Å². The van der Waals surface area contributed by atoms with Crippen molar-refractivity contribution < 1.29 is 27.8 Å². The van der Waals surface area contributed by atoms with Gasteiger partial charge in [0.2, 0.25) is 5.91 Å². The highest BCUT2D eigenvalue weighted by molar-refractivity contribution is 5.95. The number of hydrogen-bond donors (Lipinski definition) is 2. The summed E-state index contributed by atoms with van der Waals surface area (Å²) in [6.45, 7) is 3.76. The molecule has 9 heteroatoms. The second-order valence-corrected chi connectivity index (χ2v) is 7.28. The van der Waals surface area contributed by atoms with Gasteiger partial charge in [-0.15, -0.1) is 0 Å². The number of ether oxygens (including phenoxy) is 1. The lowest BCUT2D eigenvalue weighted by Gasteiger charge is -2.32. The molecule has 0 bridgehead atoms. The molecule has 156 valence electrons. The highest BCUT2D eigenvalue weighted by Crippen LogP contribution is 2.35. The van der Waals surface area contributed by atoms with Crippen LogP contribution in [-0.2, 0) is 15.7 Å². The predicted molar refractivity (Wildman–Crippen MR) is 99.4 cm³/mol. The first kappa shape index (κ1) is 20.9. The zero-order valence-corrected chi connectivity index (χ0v) is 15.7. The normalized spacial score (nSPS) is 19.6. The average molecular weight is 401 g/mol. The van der Waals surface area contributed by atoms with Crippen LogP contribution in [0.2, 0.25) is 0 Å². The van der Waals surface area contributed by atoms with E-state index in [2.05, 4.69) is 5.32 Å². The van der Waals surface area contributed by atoms with Gasteiger partial charge in [0.05, 0.1) is 36.7 Å². The monoisotopic (exact) mass is 401 g/mol. The molecule has 2 saturated heterocycles. The molecule has 2 heterocycles. The van der Waals surface area contributed by atoms with Crippen molar-refractivity contribution in [2.45, 2.75) is 19.0 Å². The minimum Gasteiger partial charge on any atom is -0.396 e. The van der Waals surface area contributed by atoms with Crippen LogP contribution in [-0.4, -0.2) is 68.5 Å². The minimum atomic E-state index is -4.48. The van der Waals surface area contributed by atoms with Gasteiger partial charge in [0.1, 0.15) is 0 Å². The van der Waals surface area contributed by atoms with E-state index in [0.717, 1.165) is 25.0 Å². The molecule has 0 aliphatic carbocycles. The highest BCUT2D eigenvalue weighted by atomic mass is 19.4. The lowest BCUT2D eigenvalue weighted by Crippen LogP contribution is -2.40. The Kier molecular flexibility index (Phi) is 6.79. The molecule has 1 amide bonds. The van der Waals surface area contributed by atoms with E-state index < -0.39 is 11.7 Å². The first-order valence-electron chi connectivity index (χ1n) is 9.54. The summed E-state index contributed by atoms with van der Waals surface area (Å²) in [6.07, 6.45) is -2.85. The summed E-state index contributed by atoms with van der Waals surface area (Å²) in [4.78, 5) is 16.4. The number of hydrogen-bond acceptors (Lipinski definition) is 5. The third-order valence-corrected chi connectivity index (χ3v) is 5.28. The molecule has 2 aliphatic heterocycles. The molecule has 0 aromatic heterocycles. The first-order chi connectivity index (χ1) is 13.4. The molecule has 2 aliphatic rings. The molecule has 1 aromatic carbocycles. The summed E-state index contributed by atoms with van der Waals surface area (Å²) in [6, 6.07) is 3.46. The Morgan fingerprint density at radius 1 is 1.18 bits per heavy atom. The van der Waals surface area contributed by atoms with Crippen LogP contribution in [0.3, 0.4) is 0 Å². The van der Waals surface area contributed by atoms with Crippen LogP contribution in [0.5, 0.6) is 0 Å². The number of nitrogens with one attached hydrogen (secondary N) is 1. The third-order valence-electron chi connectivity index (χ3n) is 5.28. The number of nitrogens with zero attached hydrogens (tertiary/aromatic N) is 2. The number of alkyl halides is 3. The van der Waals surface area contributed by atoms with Crippen LogP contribution in [0, 0.1) is 5.92 Å². The van der Waals surface area contributed by atoms with Crippen molar-refractivity contribution in [2.24, 2.45) is 5.92 Å². The molecular formula is C19H26F3N3O3. The van der Waals surface area contributed by atoms with E-state index >= 15 is 0 Å². The number of likely N-dealkylation sites (tertiary alicyclic amines) is 1. The summed E-state index contributed by atoms with van der Waals surface area (Å²) in [5.74, 6) is -0.0769.